The molecule has 1 unspecified atom stereocenters. The number of nitrogens with zero attached hydrogens (tertiary/aromatic N) is 1. The van der Waals surface area contributed by atoms with E-state index in [1.165, 1.54) is 18.3 Å². The predicted molar refractivity (Wildman–Crippen MR) is 70.2 cm³/mol. The van der Waals surface area contributed by atoms with Crippen LogP contribution in [0.1, 0.15) is 17.6 Å². The molecular formula is C10H15N3O2S2. The van der Waals surface area contributed by atoms with Gasteiger partial charge < -0.3 is 10.6 Å². The zero-order chi connectivity index (χ0) is 12.8. The van der Waals surface area contributed by atoms with Gasteiger partial charge in [-0.05, 0) is 6.92 Å². The third kappa shape index (κ3) is 4.74. The van der Waals surface area contributed by atoms with E-state index in [0.717, 1.165) is 10.7 Å². The maximum absolute atomic E-state index is 11.7. The molecule has 0 aliphatic heterocycles. The van der Waals surface area contributed by atoms with E-state index in [2.05, 4.69) is 28.2 Å². The number of rotatable bonds is 5. The fourth-order valence-corrected chi connectivity index (χ4v) is 2.18. The quantitative estimate of drug-likeness (QED) is 0.684. The predicted octanol–water partition coefficient (Wildman–Crippen LogP) is 0.502. The first kappa shape index (κ1) is 14.0. The lowest BCUT2D eigenvalue weighted by Gasteiger charge is -2.14. The molecule has 5 nitrogen and oxygen atoms in total. The summed E-state index contributed by atoms with van der Waals surface area (Å²) in [5, 5.41) is 8.01. The van der Waals surface area contributed by atoms with Gasteiger partial charge in [-0.15, -0.1) is 11.3 Å². The van der Waals surface area contributed by atoms with Crippen molar-refractivity contribution in [2.45, 2.75) is 26.4 Å². The zero-order valence-electron chi connectivity index (χ0n) is 9.69. The van der Waals surface area contributed by atoms with Crippen molar-refractivity contribution in [3.63, 3.8) is 0 Å². The molecule has 1 rings (SSSR count). The lowest BCUT2D eigenvalue weighted by atomic mass is 10.3. The van der Waals surface area contributed by atoms with E-state index in [1.807, 2.05) is 12.3 Å². The zero-order valence-corrected chi connectivity index (χ0v) is 11.4. The number of aromatic nitrogens is 1. The minimum atomic E-state index is -0.600. The van der Waals surface area contributed by atoms with Gasteiger partial charge >= 0.3 is 0 Å². The van der Waals surface area contributed by atoms with Gasteiger partial charge in [0.1, 0.15) is 11.0 Å². The smallest absolute Gasteiger partial charge is 0.243 e. The Bertz CT molecular complexity index is 406. The van der Waals surface area contributed by atoms with Crippen molar-refractivity contribution in [2.24, 2.45) is 0 Å². The van der Waals surface area contributed by atoms with Crippen molar-refractivity contribution in [2.75, 3.05) is 5.75 Å². The van der Waals surface area contributed by atoms with E-state index in [4.69, 9.17) is 0 Å². The Hall–Kier alpha value is -1.08. The molecule has 0 fully saturated rings. The van der Waals surface area contributed by atoms with E-state index in [0.29, 0.717) is 6.54 Å². The van der Waals surface area contributed by atoms with Gasteiger partial charge in [0.05, 0.1) is 6.54 Å². The first-order valence-corrected chi connectivity index (χ1v) is 6.61. The van der Waals surface area contributed by atoms with Crippen LogP contribution in [0.5, 0.6) is 0 Å². The molecule has 0 aliphatic rings. The molecular weight excluding hydrogens is 258 g/mol. The largest absolute Gasteiger partial charge is 0.348 e. The average Bonchev–Trinajstić information content (AvgIpc) is 2.68. The van der Waals surface area contributed by atoms with E-state index < -0.39 is 6.04 Å². The molecule has 1 aromatic heterocycles. The average molecular weight is 273 g/mol. The molecule has 2 N–H and O–H groups in total. The SMILES string of the molecule is CC(=O)NC(CS)C(=O)NCc1nc(C)cs1. The maximum atomic E-state index is 11.7. The first-order chi connectivity index (χ1) is 8.02. The van der Waals surface area contributed by atoms with Crippen LogP contribution < -0.4 is 10.6 Å². The van der Waals surface area contributed by atoms with Crippen molar-refractivity contribution >= 4 is 35.8 Å². The van der Waals surface area contributed by atoms with Gasteiger partial charge in [0.2, 0.25) is 11.8 Å². The summed E-state index contributed by atoms with van der Waals surface area (Å²) in [4.78, 5) is 26.8. The minimum absolute atomic E-state index is 0.246. The van der Waals surface area contributed by atoms with Crippen LogP contribution in [0, 0.1) is 6.92 Å². The number of carbonyl (C=O) groups is 2. The molecule has 0 bridgehead atoms. The van der Waals surface area contributed by atoms with Gasteiger partial charge in [-0.1, -0.05) is 0 Å². The van der Waals surface area contributed by atoms with Crippen molar-refractivity contribution in [3.05, 3.63) is 16.1 Å². The standard InChI is InChI=1S/C10H15N3O2S2/c1-6-5-17-9(12-6)3-11-10(15)8(4-16)13-7(2)14/h5,8,16H,3-4H2,1-2H3,(H,11,15)(H,13,14). The van der Waals surface area contributed by atoms with Crippen LogP contribution in [0.15, 0.2) is 5.38 Å². The molecule has 0 radical (unpaired) electrons. The van der Waals surface area contributed by atoms with Gasteiger partial charge in [0.15, 0.2) is 0 Å². The monoisotopic (exact) mass is 273 g/mol. The van der Waals surface area contributed by atoms with Crippen molar-refractivity contribution in [1.82, 2.24) is 15.6 Å². The first-order valence-electron chi connectivity index (χ1n) is 5.09. The Labute approximate surface area is 109 Å². The van der Waals surface area contributed by atoms with Gasteiger partial charge in [-0.25, -0.2) is 4.98 Å². The lowest BCUT2D eigenvalue weighted by molar-refractivity contribution is -0.127. The minimum Gasteiger partial charge on any atom is -0.348 e. The fraction of sp³-hybridized carbons (Fsp3) is 0.500. The summed E-state index contributed by atoms with van der Waals surface area (Å²) in [6.07, 6.45) is 0. The second-order valence-electron chi connectivity index (χ2n) is 3.54. The summed E-state index contributed by atoms with van der Waals surface area (Å²) in [6.45, 7) is 3.64. The van der Waals surface area contributed by atoms with Gasteiger partial charge in [-0.2, -0.15) is 12.6 Å². The van der Waals surface area contributed by atoms with Crippen LogP contribution in [-0.4, -0.2) is 28.6 Å². The fourth-order valence-electron chi connectivity index (χ4n) is 1.21. The summed E-state index contributed by atoms with van der Waals surface area (Å²) in [5.41, 5.74) is 0.937. The number of carbonyl (C=O) groups excluding carboxylic acids is 2. The summed E-state index contributed by atoms with van der Waals surface area (Å²) in [6, 6.07) is -0.600. The number of nitrogens with one attached hydrogen (secondary N) is 2. The molecule has 0 aliphatic carbocycles. The van der Waals surface area contributed by atoms with Crippen molar-refractivity contribution < 1.29 is 9.59 Å². The molecule has 0 spiro atoms. The highest BCUT2D eigenvalue weighted by atomic mass is 32.1. The molecule has 7 heteroatoms. The van der Waals surface area contributed by atoms with E-state index >= 15 is 0 Å². The molecule has 1 heterocycles. The summed E-state index contributed by atoms with van der Waals surface area (Å²) >= 11 is 5.52. The summed E-state index contributed by atoms with van der Waals surface area (Å²) in [7, 11) is 0. The third-order valence-corrected chi connectivity index (χ3v) is 3.29. The molecule has 94 valence electrons. The lowest BCUT2D eigenvalue weighted by Crippen LogP contribution is -2.47. The highest BCUT2D eigenvalue weighted by molar-refractivity contribution is 7.80. The number of amides is 2. The Morgan fingerprint density at radius 3 is 2.76 bits per heavy atom. The van der Waals surface area contributed by atoms with Crippen molar-refractivity contribution in [1.29, 1.82) is 0 Å². The molecule has 2 amide bonds. The molecule has 1 atom stereocenters. The van der Waals surface area contributed by atoms with E-state index in [1.54, 1.807) is 0 Å². The van der Waals surface area contributed by atoms with Gasteiger partial charge in [0, 0.05) is 23.8 Å². The second-order valence-corrected chi connectivity index (χ2v) is 4.84. The Morgan fingerprint density at radius 2 is 2.29 bits per heavy atom. The van der Waals surface area contributed by atoms with Crippen LogP contribution in [0.2, 0.25) is 0 Å². The molecule has 0 aromatic carbocycles. The number of hydrogen-bond acceptors (Lipinski definition) is 5. The molecule has 17 heavy (non-hydrogen) atoms. The van der Waals surface area contributed by atoms with Gasteiger partial charge in [0.25, 0.3) is 0 Å². The topological polar surface area (TPSA) is 71.1 Å². The highest BCUT2D eigenvalue weighted by Crippen LogP contribution is 2.07. The second kappa shape index (κ2) is 6.61. The van der Waals surface area contributed by atoms with Crippen LogP contribution in [0.25, 0.3) is 0 Å². The van der Waals surface area contributed by atoms with E-state index in [9.17, 15) is 9.59 Å². The highest BCUT2D eigenvalue weighted by Gasteiger charge is 2.17. The maximum Gasteiger partial charge on any atom is 0.243 e. The van der Waals surface area contributed by atoms with Crippen LogP contribution in [0.4, 0.5) is 0 Å². The van der Waals surface area contributed by atoms with E-state index in [-0.39, 0.29) is 17.6 Å². The number of thiazole rings is 1. The number of hydrogen-bond donors (Lipinski definition) is 3. The molecule has 1 aromatic rings. The number of aryl methyl sites for hydroxylation is 1. The van der Waals surface area contributed by atoms with Crippen LogP contribution >= 0.6 is 24.0 Å². The van der Waals surface area contributed by atoms with Crippen LogP contribution in [0.3, 0.4) is 0 Å². The molecule has 0 saturated heterocycles. The third-order valence-electron chi connectivity index (χ3n) is 1.96. The summed E-state index contributed by atoms with van der Waals surface area (Å²) in [5.74, 6) is -0.227. The molecule has 0 saturated carbocycles. The van der Waals surface area contributed by atoms with Crippen LogP contribution in [-0.2, 0) is 16.1 Å². The number of thiol groups is 1. The van der Waals surface area contributed by atoms with Gasteiger partial charge in [-0.3, -0.25) is 9.59 Å². The Morgan fingerprint density at radius 1 is 1.59 bits per heavy atom. The normalized spacial score (nSPS) is 11.9. The Kier molecular flexibility index (Phi) is 5.43. The summed E-state index contributed by atoms with van der Waals surface area (Å²) < 4.78 is 0. The Balaban J connectivity index is 2.44. The van der Waals surface area contributed by atoms with Crippen molar-refractivity contribution in [3.8, 4) is 0 Å².